The molecule has 0 saturated carbocycles. The Kier molecular flexibility index (Phi) is 2.96. The van der Waals surface area contributed by atoms with Gasteiger partial charge in [0.15, 0.2) is 0 Å². The number of hydrogen-bond acceptors (Lipinski definition) is 3. The van der Waals surface area contributed by atoms with E-state index in [1.165, 1.54) is 0 Å². The molecular formula is C12H5Cl2IN2O. The third kappa shape index (κ3) is 1.88. The van der Waals surface area contributed by atoms with Crippen LogP contribution in [-0.2, 0) is 0 Å². The first-order valence-electron chi connectivity index (χ1n) is 5.00. The largest absolute Gasteiger partial charge is 0.506 e. The molecular weight excluding hydrogens is 386 g/mol. The predicted octanol–water partition coefficient (Wildman–Crippen LogP) is 4.40. The van der Waals surface area contributed by atoms with Crippen LogP contribution in [0.15, 0.2) is 24.3 Å². The standard InChI is InChI=1S/C12H5Cl2IN2O/c13-5-3-8-9(4-6(5)14)17-12-10(18)2-1-7(15)11(12)16-8/h1-4,18H. The molecule has 0 unspecified atom stereocenters. The number of hydrogen-bond donors (Lipinski definition) is 1. The number of aromatic nitrogens is 2. The van der Waals surface area contributed by atoms with Gasteiger partial charge in [-0.15, -0.1) is 0 Å². The van der Waals surface area contributed by atoms with E-state index in [9.17, 15) is 5.11 Å². The normalized spacial score (nSPS) is 11.3. The molecule has 90 valence electrons. The Morgan fingerprint density at radius 2 is 1.50 bits per heavy atom. The highest BCUT2D eigenvalue weighted by Crippen LogP contribution is 2.31. The summed E-state index contributed by atoms with van der Waals surface area (Å²) in [7, 11) is 0. The van der Waals surface area contributed by atoms with E-state index in [0.29, 0.717) is 32.1 Å². The first kappa shape index (κ1) is 12.2. The van der Waals surface area contributed by atoms with Gasteiger partial charge in [-0.1, -0.05) is 23.2 Å². The van der Waals surface area contributed by atoms with E-state index < -0.39 is 0 Å². The monoisotopic (exact) mass is 390 g/mol. The molecule has 0 saturated heterocycles. The molecule has 3 aromatic rings. The fourth-order valence-corrected chi connectivity index (χ4v) is 2.58. The Labute approximate surface area is 126 Å². The maximum absolute atomic E-state index is 9.81. The SMILES string of the molecule is Oc1ccc(I)c2nc3cc(Cl)c(Cl)cc3nc12. The van der Waals surface area contributed by atoms with Crippen molar-refractivity contribution in [2.45, 2.75) is 0 Å². The lowest BCUT2D eigenvalue weighted by molar-refractivity contribution is 0.480. The van der Waals surface area contributed by atoms with Gasteiger partial charge < -0.3 is 5.11 Å². The number of fused-ring (bicyclic) bond motifs is 2. The quantitative estimate of drug-likeness (QED) is 0.457. The summed E-state index contributed by atoms with van der Waals surface area (Å²) in [5.74, 6) is 0.103. The van der Waals surface area contributed by atoms with Gasteiger partial charge in [0.05, 0.1) is 21.1 Å². The minimum atomic E-state index is 0.103. The molecule has 1 heterocycles. The number of halogens is 3. The zero-order valence-electron chi connectivity index (χ0n) is 8.78. The minimum Gasteiger partial charge on any atom is -0.506 e. The first-order valence-corrected chi connectivity index (χ1v) is 6.84. The Bertz CT molecular complexity index is 726. The second-order valence-electron chi connectivity index (χ2n) is 3.74. The van der Waals surface area contributed by atoms with E-state index in [0.717, 1.165) is 3.57 Å². The van der Waals surface area contributed by atoms with Crippen molar-refractivity contribution in [3.8, 4) is 5.75 Å². The van der Waals surface area contributed by atoms with E-state index in [2.05, 4.69) is 32.6 Å². The van der Waals surface area contributed by atoms with Crippen molar-refractivity contribution < 1.29 is 5.11 Å². The summed E-state index contributed by atoms with van der Waals surface area (Å²) < 4.78 is 0.917. The van der Waals surface area contributed by atoms with E-state index in [1.54, 1.807) is 24.3 Å². The van der Waals surface area contributed by atoms with Crippen LogP contribution >= 0.6 is 45.8 Å². The van der Waals surface area contributed by atoms with Gasteiger partial charge in [-0.2, -0.15) is 0 Å². The molecule has 0 bridgehead atoms. The van der Waals surface area contributed by atoms with Crippen LogP contribution in [0.5, 0.6) is 5.75 Å². The van der Waals surface area contributed by atoms with Gasteiger partial charge in [-0.25, -0.2) is 9.97 Å². The lowest BCUT2D eigenvalue weighted by atomic mass is 10.2. The fourth-order valence-electron chi connectivity index (χ4n) is 1.71. The highest BCUT2D eigenvalue weighted by atomic mass is 127. The van der Waals surface area contributed by atoms with Gasteiger partial charge in [0.25, 0.3) is 0 Å². The second kappa shape index (κ2) is 4.36. The molecule has 3 rings (SSSR count). The third-order valence-electron chi connectivity index (χ3n) is 2.56. The van der Waals surface area contributed by atoms with Gasteiger partial charge in [-0.05, 0) is 46.9 Å². The smallest absolute Gasteiger partial charge is 0.143 e. The highest BCUT2D eigenvalue weighted by Gasteiger charge is 2.10. The van der Waals surface area contributed by atoms with Gasteiger partial charge in [0.2, 0.25) is 0 Å². The van der Waals surface area contributed by atoms with Crippen LogP contribution in [0.2, 0.25) is 10.0 Å². The summed E-state index contributed by atoms with van der Waals surface area (Å²) >= 11 is 14.1. The van der Waals surface area contributed by atoms with Gasteiger partial charge in [-0.3, -0.25) is 0 Å². The molecule has 0 fully saturated rings. The minimum absolute atomic E-state index is 0.103. The summed E-state index contributed by atoms with van der Waals surface area (Å²) in [5.41, 5.74) is 2.38. The number of phenols is 1. The van der Waals surface area contributed by atoms with Crippen molar-refractivity contribution in [1.29, 1.82) is 0 Å². The molecule has 2 aromatic carbocycles. The van der Waals surface area contributed by atoms with Gasteiger partial charge in [0.1, 0.15) is 16.8 Å². The number of aromatic hydroxyl groups is 1. The van der Waals surface area contributed by atoms with Gasteiger partial charge in [0, 0.05) is 3.57 Å². The Hall–Kier alpha value is -0.850. The van der Waals surface area contributed by atoms with Crippen molar-refractivity contribution in [3.63, 3.8) is 0 Å². The maximum Gasteiger partial charge on any atom is 0.143 e. The van der Waals surface area contributed by atoms with Crippen LogP contribution in [0.1, 0.15) is 0 Å². The summed E-state index contributed by atoms with van der Waals surface area (Å²) in [6, 6.07) is 6.70. The molecule has 0 aliphatic heterocycles. The van der Waals surface area contributed by atoms with Crippen molar-refractivity contribution in [2.24, 2.45) is 0 Å². The van der Waals surface area contributed by atoms with Crippen LogP contribution < -0.4 is 0 Å². The average Bonchev–Trinajstić information content (AvgIpc) is 2.34. The van der Waals surface area contributed by atoms with Gasteiger partial charge >= 0.3 is 0 Å². The van der Waals surface area contributed by atoms with Crippen LogP contribution in [0.3, 0.4) is 0 Å². The zero-order chi connectivity index (χ0) is 12.9. The van der Waals surface area contributed by atoms with E-state index in [1.807, 2.05) is 0 Å². The summed E-state index contributed by atoms with van der Waals surface area (Å²) in [6.07, 6.45) is 0. The van der Waals surface area contributed by atoms with Crippen molar-refractivity contribution >= 4 is 67.9 Å². The molecule has 18 heavy (non-hydrogen) atoms. The number of nitrogens with zero attached hydrogens (tertiary/aromatic N) is 2. The van der Waals surface area contributed by atoms with Crippen molar-refractivity contribution in [3.05, 3.63) is 37.9 Å². The van der Waals surface area contributed by atoms with Crippen LogP contribution in [0.4, 0.5) is 0 Å². The topological polar surface area (TPSA) is 46.0 Å². The molecule has 1 N–H and O–H groups in total. The summed E-state index contributed by atoms with van der Waals surface area (Å²) in [4.78, 5) is 8.85. The number of rotatable bonds is 0. The maximum atomic E-state index is 9.81. The fraction of sp³-hybridized carbons (Fsp3) is 0. The number of benzene rings is 2. The van der Waals surface area contributed by atoms with E-state index in [4.69, 9.17) is 23.2 Å². The molecule has 3 nitrogen and oxygen atoms in total. The van der Waals surface area contributed by atoms with Crippen LogP contribution in [-0.4, -0.2) is 15.1 Å². The Balaban J connectivity index is 2.51. The third-order valence-corrected chi connectivity index (χ3v) is 4.16. The van der Waals surface area contributed by atoms with Crippen molar-refractivity contribution in [1.82, 2.24) is 9.97 Å². The average molecular weight is 391 g/mol. The molecule has 0 radical (unpaired) electrons. The lowest BCUT2D eigenvalue weighted by Gasteiger charge is -2.05. The molecule has 0 spiro atoms. The molecule has 0 aliphatic rings. The Morgan fingerprint density at radius 3 is 2.11 bits per heavy atom. The number of phenolic OH excluding ortho intramolecular Hbond substituents is 1. The Morgan fingerprint density at radius 1 is 0.944 bits per heavy atom. The zero-order valence-corrected chi connectivity index (χ0v) is 12.5. The highest BCUT2D eigenvalue weighted by molar-refractivity contribution is 14.1. The summed E-state index contributed by atoms with van der Waals surface area (Å²) in [5, 5.41) is 10.7. The molecule has 0 atom stereocenters. The lowest BCUT2D eigenvalue weighted by Crippen LogP contribution is -1.90. The molecule has 0 amide bonds. The molecule has 0 aliphatic carbocycles. The van der Waals surface area contributed by atoms with Crippen LogP contribution in [0.25, 0.3) is 22.1 Å². The summed E-state index contributed by atoms with van der Waals surface area (Å²) in [6.45, 7) is 0. The van der Waals surface area contributed by atoms with E-state index >= 15 is 0 Å². The first-order chi connectivity index (χ1) is 8.56. The second-order valence-corrected chi connectivity index (χ2v) is 5.72. The predicted molar refractivity (Wildman–Crippen MR) is 81.4 cm³/mol. The van der Waals surface area contributed by atoms with E-state index in [-0.39, 0.29) is 5.75 Å². The molecule has 1 aromatic heterocycles. The van der Waals surface area contributed by atoms with Crippen molar-refractivity contribution in [2.75, 3.05) is 0 Å². The van der Waals surface area contributed by atoms with Crippen LogP contribution in [0, 0.1) is 3.57 Å². The molecule has 6 heteroatoms.